The highest BCUT2D eigenvalue weighted by atomic mass is 16.8. The maximum absolute atomic E-state index is 9.70. The van der Waals surface area contributed by atoms with Crippen molar-refractivity contribution >= 4 is 11.3 Å². The van der Waals surface area contributed by atoms with Crippen molar-refractivity contribution in [2.75, 3.05) is 19.5 Å². The topological polar surface area (TPSA) is 113 Å². The summed E-state index contributed by atoms with van der Waals surface area (Å²) >= 11 is 0. The molecule has 0 radical (unpaired) electrons. The lowest BCUT2D eigenvalue weighted by atomic mass is 10.0. The summed E-state index contributed by atoms with van der Waals surface area (Å²) < 4.78 is 25.4. The van der Waals surface area contributed by atoms with Crippen LogP contribution in [0.4, 0.5) is 5.82 Å². The molecule has 2 aromatic rings. The Morgan fingerprint density at radius 3 is 2.83 bits per heavy atom. The molecule has 0 spiro atoms. The number of nitrogen functional groups attached to an aromatic ring is 1. The Labute approximate surface area is 138 Å². The molecule has 0 aromatic carbocycles. The van der Waals surface area contributed by atoms with Gasteiger partial charge < -0.3 is 29.8 Å². The molecule has 2 fully saturated rings. The lowest BCUT2D eigenvalue weighted by Gasteiger charge is -2.32. The zero-order valence-corrected chi connectivity index (χ0v) is 13.7. The van der Waals surface area contributed by atoms with Crippen LogP contribution in [0.1, 0.15) is 19.5 Å². The first-order valence-electron chi connectivity index (χ1n) is 7.70. The number of nitrogens with zero attached hydrogens (tertiary/aromatic N) is 3. The van der Waals surface area contributed by atoms with E-state index in [1.54, 1.807) is 16.6 Å². The molecular weight excluding hydrogens is 316 g/mol. The Kier molecular flexibility index (Phi) is 3.35. The molecule has 4 atom stereocenters. The molecule has 2 unspecified atom stereocenters. The van der Waals surface area contributed by atoms with Gasteiger partial charge in [0.1, 0.15) is 35.8 Å². The fourth-order valence-electron chi connectivity index (χ4n) is 3.55. The monoisotopic (exact) mass is 336 g/mol. The number of hydrogen-bond donors (Lipinski definition) is 2. The van der Waals surface area contributed by atoms with Crippen molar-refractivity contribution in [1.29, 1.82) is 0 Å². The van der Waals surface area contributed by atoms with Crippen LogP contribution in [0.3, 0.4) is 0 Å². The Morgan fingerprint density at radius 1 is 1.33 bits per heavy atom. The summed E-state index contributed by atoms with van der Waals surface area (Å²) in [5.41, 5.74) is 7.14. The zero-order valence-electron chi connectivity index (χ0n) is 13.7. The fraction of sp³-hybridized carbons (Fsp3) is 0.600. The zero-order chi connectivity index (χ0) is 17.1. The molecular formula is C15H20N4O5. The van der Waals surface area contributed by atoms with Crippen molar-refractivity contribution in [3.05, 3.63) is 24.2 Å². The van der Waals surface area contributed by atoms with E-state index >= 15 is 0 Å². The summed E-state index contributed by atoms with van der Waals surface area (Å²) in [5.74, 6) is -1.74. The lowest BCUT2D eigenvalue weighted by molar-refractivity contribution is -0.296. The normalized spacial score (nSPS) is 34.8. The summed E-state index contributed by atoms with van der Waals surface area (Å²) in [4.78, 5) is 3.98. The third kappa shape index (κ3) is 1.99. The van der Waals surface area contributed by atoms with Crippen molar-refractivity contribution in [1.82, 2.24) is 14.6 Å². The average molecular weight is 336 g/mol. The maximum atomic E-state index is 9.70. The van der Waals surface area contributed by atoms with Crippen LogP contribution < -0.4 is 5.73 Å². The van der Waals surface area contributed by atoms with Crippen LogP contribution in [0, 0.1) is 0 Å². The second kappa shape index (κ2) is 5.11. The number of aliphatic hydroxyl groups excluding tert-OH is 1. The number of anilines is 1. The van der Waals surface area contributed by atoms with Crippen molar-refractivity contribution in [3.8, 4) is 0 Å². The maximum Gasteiger partial charge on any atom is 0.242 e. The summed E-state index contributed by atoms with van der Waals surface area (Å²) in [7, 11) is 1.52. The van der Waals surface area contributed by atoms with Crippen LogP contribution in [-0.4, -0.2) is 57.5 Å². The van der Waals surface area contributed by atoms with Gasteiger partial charge in [-0.05, 0) is 26.0 Å². The molecule has 2 aromatic heterocycles. The molecule has 0 saturated carbocycles. The number of aromatic nitrogens is 3. The smallest absolute Gasteiger partial charge is 0.242 e. The third-order valence-electron chi connectivity index (χ3n) is 4.52. The number of hydrogen-bond acceptors (Lipinski definition) is 8. The first kappa shape index (κ1) is 15.7. The van der Waals surface area contributed by atoms with Crippen molar-refractivity contribution in [2.24, 2.45) is 0 Å². The van der Waals surface area contributed by atoms with Gasteiger partial charge >= 0.3 is 0 Å². The summed E-state index contributed by atoms with van der Waals surface area (Å²) in [6.45, 7) is 3.42. The van der Waals surface area contributed by atoms with Gasteiger partial charge in [0.15, 0.2) is 11.6 Å². The molecule has 24 heavy (non-hydrogen) atoms. The largest absolute Gasteiger partial charge is 0.394 e. The molecule has 0 amide bonds. The van der Waals surface area contributed by atoms with Gasteiger partial charge in [-0.1, -0.05) is 0 Å². The van der Waals surface area contributed by atoms with Crippen molar-refractivity contribution in [3.63, 3.8) is 0 Å². The third-order valence-corrected chi connectivity index (χ3v) is 4.52. The number of rotatable bonds is 3. The van der Waals surface area contributed by atoms with Gasteiger partial charge in [0, 0.05) is 7.11 Å². The number of nitrogens with two attached hydrogens (primary N) is 1. The molecule has 0 bridgehead atoms. The molecule has 0 aliphatic carbocycles. The Morgan fingerprint density at radius 2 is 2.12 bits per heavy atom. The van der Waals surface area contributed by atoms with Gasteiger partial charge in [-0.3, -0.25) is 0 Å². The van der Waals surface area contributed by atoms with Crippen LogP contribution in [0.5, 0.6) is 0 Å². The predicted molar refractivity (Wildman–Crippen MR) is 81.9 cm³/mol. The molecule has 2 aliphatic heterocycles. The van der Waals surface area contributed by atoms with Crippen LogP contribution in [0.15, 0.2) is 18.5 Å². The molecule has 2 aliphatic rings. The average Bonchev–Trinajstić information content (AvgIpc) is 3.18. The highest BCUT2D eigenvalue weighted by Crippen LogP contribution is 2.49. The van der Waals surface area contributed by atoms with Crippen molar-refractivity contribution < 1.29 is 24.1 Å². The Balaban J connectivity index is 1.88. The minimum absolute atomic E-state index is 0.216. The van der Waals surface area contributed by atoms with Crippen molar-refractivity contribution in [2.45, 2.75) is 43.7 Å². The van der Waals surface area contributed by atoms with E-state index in [2.05, 4.69) is 10.1 Å². The highest BCUT2D eigenvalue weighted by molar-refractivity contribution is 5.65. The number of methoxy groups -OCH3 is 1. The highest BCUT2D eigenvalue weighted by Gasteiger charge is 2.65. The quantitative estimate of drug-likeness (QED) is 0.806. The Hall–Kier alpha value is -1.78. The summed E-state index contributed by atoms with van der Waals surface area (Å²) in [6, 6.07) is 3.59. The van der Waals surface area contributed by atoms with E-state index in [-0.39, 0.29) is 6.61 Å². The molecule has 9 nitrogen and oxygen atoms in total. The van der Waals surface area contributed by atoms with Crippen LogP contribution in [-0.2, 0) is 24.7 Å². The predicted octanol–water partition coefficient (Wildman–Crippen LogP) is 0.0219. The van der Waals surface area contributed by atoms with Crippen LogP contribution >= 0.6 is 0 Å². The standard InChI is InChI=1S/C15H20N4O5/c1-14(2)23-11-9(6-20)22-15(21-3,12(11)24-14)10-5-4-8-13(16)17-7-18-19(8)10/h4-5,7,9,11-12,20H,6H2,1-3H3,(H2,16,17,18)/t9-,11?,12+,15?/m1/s1. The van der Waals surface area contributed by atoms with E-state index in [0.717, 1.165) is 0 Å². The minimum atomic E-state index is -1.28. The molecule has 2 saturated heterocycles. The molecule has 9 heteroatoms. The van der Waals surface area contributed by atoms with E-state index in [4.69, 9.17) is 24.7 Å². The van der Waals surface area contributed by atoms with Gasteiger partial charge in [0.25, 0.3) is 0 Å². The van der Waals surface area contributed by atoms with Gasteiger partial charge in [-0.2, -0.15) is 5.10 Å². The second-order valence-electron chi connectivity index (χ2n) is 6.39. The van der Waals surface area contributed by atoms with Gasteiger partial charge in [-0.25, -0.2) is 9.50 Å². The molecule has 4 heterocycles. The first-order valence-corrected chi connectivity index (χ1v) is 7.70. The van der Waals surface area contributed by atoms with E-state index in [9.17, 15) is 5.11 Å². The fourth-order valence-corrected chi connectivity index (χ4v) is 3.55. The number of ether oxygens (including phenoxy) is 4. The lowest BCUT2D eigenvalue weighted by Crippen LogP contribution is -2.43. The Bertz CT molecular complexity index is 778. The van der Waals surface area contributed by atoms with Gasteiger partial charge in [0.05, 0.1) is 6.61 Å². The summed E-state index contributed by atoms with van der Waals surface area (Å²) in [5, 5.41) is 13.9. The van der Waals surface area contributed by atoms with E-state index < -0.39 is 29.9 Å². The van der Waals surface area contributed by atoms with Crippen LogP contribution in [0.2, 0.25) is 0 Å². The van der Waals surface area contributed by atoms with Gasteiger partial charge in [0.2, 0.25) is 5.79 Å². The summed E-state index contributed by atoms with van der Waals surface area (Å²) in [6.07, 6.45) is -0.249. The van der Waals surface area contributed by atoms with Gasteiger partial charge in [-0.15, -0.1) is 0 Å². The first-order chi connectivity index (χ1) is 11.4. The molecule has 3 N–H and O–H groups in total. The van der Waals surface area contributed by atoms with E-state index in [1.165, 1.54) is 13.4 Å². The SMILES string of the molecule is COC1(c2ccc3c(N)ncnn23)O[C@H](CO)C2OC(C)(C)O[C@@H]21. The number of aliphatic hydroxyl groups is 1. The van der Waals surface area contributed by atoms with E-state index in [0.29, 0.717) is 17.0 Å². The van der Waals surface area contributed by atoms with E-state index in [1.807, 2.05) is 13.8 Å². The second-order valence-corrected chi connectivity index (χ2v) is 6.39. The molecule has 4 rings (SSSR count). The number of fused-ring (bicyclic) bond motifs is 2. The molecule has 130 valence electrons. The van der Waals surface area contributed by atoms with Crippen LogP contribution in [0.25, 0.3) is 5.52 Å². The minimum Gasteiger partial charge on any atom is -0.394 e.